The number of aryl methyl sites for hydroxylation is 1. The fourth-order valence-electron chi connectivity index (χ4n) is 2.96. The topological polar surface area (TPSA) is 38.3 Å². The Morgan fingerprint density at radius 3 is 2.75 bits per heavy atom. The fourth-order valence-corrected chi connectivity index (χ4v) is 2.96. The maximum atomic E-state index is 12.2. The molecule has 1 saturated carbocycles. The summed E-state index contributed by atoms with van der Waals surface area (Å²) in [5.74, 6) is 1.58. The first-order valence-electron chi connectivity index (χ1n) is 7.53. The Morgan fingerprint density at radius 2 is 2.10 bits per heavy atom. The van der Waals surface area contributed by atoms with Gasteiger partial charge < -0.3 is 10.1 Å². The zero-order valence-electron chi connectivity index (χ0n) is 12.7. The predicted molar refractivity (Wildman–Crippen MR) is 81.0 cm³/mol. The van der Waals surface area contributed by atoms with Gasteiger partial charge in [-0.25, -0.2) is 0 Å². The number of carbonyl (C=O) groups excluding carboxylic acids is 1. The molecule has 0 radical (unpaired) electrons. The van der Waals surface area contributed by atoms with E-state index in [4.69, 9.17) is 4.74 Å². The molecule has 3 nitrogen and oxygen atoms in total. The molecule has 2 rings (SSSR count). The number of benzene rings is 1. The van der Waals surface area contributed by atoms with E-state index in [1.165, 1.54) is 19.3 Å². The van der Waals surface area contributed by atoms with E-state index in [1.807, 2.05) is 25.1 Å². The second-order valence-corrected chi connectivity index (χ2v) is 5.90. The third kappa shape index (κ3) is 3.75. The maximum Gasteiger partial charge on any atom is 0.224 e. The lowest BCUT2D eigenvalue weighted by molar-refractivity contribution is -0.121. The average Bonchev–Trinajstić information content (AvgIpc) is 2.43. The van der Waals surface area contributed by atoms with Gasteiger partial charge >= 0.3 is 0 Å². The first-order chi connectivity index (χ1) is 9.60. The lowest BCUT2D eigenvalue weighted by atomic mass is 9.86. The number of ether oxygens (including phenoxy) is 1. The number of hydrogen-bond acceptors (Lipinski definition) is 2. The standard InChI is InChI=1S/C17H25NO2/c1-12-6-4-5-7-16(12)18-17(19)11-14-8-9-15(20-3)10-13(14)2/h8-10,12,16H,4-7,11H2,1-3H3,(H,18,19). The Labute approximate surface area is 121 Å². The van der Waals surface area contributed by atoms with Crippen molar-refractivity contribution in [1.82, 2.24) is 5.32 Å². The molecule has 0 spiro atoms. The third-order valence-electron chi connectivity index (χ3n) is 4.36. The predicted octanol–water partition coefficient (Wildman–Crippen LogP) is 3.24. The molecule has 0 saturated heterocycles. The molecule has 1 aliphatic carbocycles. The minimum Gasteiger partial charge on any atom is -0.497 e. The molecule has 110 valence electrons. The van der Waals surface area contributed by atoms with Crippen LogP contribution in [0.4, 0.5) is 0 Å². The van der Waals surface area contributed by atoms with Crippen LogP contribution in [0.15, 0.2) is 18.2 Å². The lowest BCUT2D eigenvalue weighted by Gasteiger charge is -2.29. The molecule has 2 atom stereocenters. The van der Waals surface area contributed by atoms with Crippen LogP contribution in [0, 0.1) is 12.8 Å². The van der Waals surface area contributed by atoms with Gasteiger partial charge in [-0.15, -0.1) is 0 Å². The monoisotopic (exact) mass is 275 g/mol. The van der Waals surface area contributed by atoms with Crippen LogP contribution in [0.2, 0.25) is 0 Å². The molecule has 2 unspecified atom stereocenters. The van der Waals surface area contributed by atoms with Gasteiger partial charge in [-0.3, -0.25) is 4.79 Å². The van der Waals surface area contributed by atoms with Crippen molar-refractivity contribution in [3.63, 3.8) is 0 Å². The third-order valence-corrected chi connectivity index (χ3v) is 4.36. The van der Waals surface area contributed by atoms with Crippen LogP contribution in [0.25, 0.3) is 0 Å². The zero-order valence-corrected chi connectivity index (χ0v) is 12.7. The van der Waals surface area contributed by atoms with Crippen LogP contribution < -0.4 is 10.1 Å². The van der Waals surface area contributed by atoms with Crippen molar-refractivity contribution in [3.8, 4) is 5.75 Å². The zero-order chi connectivity index (χ0) is 14.5. The number of methoxy groups -OCH3 is 1. The number of amides is 1. The average molecular weight is 275 g/mol. The van der Waals surface area contributed by atoms with E-state index in [0.29, 0.717) is 18.4 Å². The highest BCUT2D eigenvalue weighted by molar-refractivity contribution is 5.79. The highest BCUT2D eigenvalue weighted by Gasteiger charge is 2.22. The van der Waals surface area contributed by atoms with Gasteiger partial charge in [0.2, 0.25) is 5.91 Å². The minimum absolute atomic E-state index is 0.136. The number of hydrogen-bond donors (Lipinski definition) is 1. The Hall–Kier alpha value is -1.51. The molecule has 0 heterocycles. The van der Waals surface area contributed by atoms with Gasteiger partial charge in [0.15, 0.2) is 0 Å². The van der Waals surface area contributed by atoms with Gasteiger partial charge in [0.05, 0.1) is 13.5 Å². The van der Waals surface area contributed by atoms with E-state index < -0.39 is 0 Å². The fraction of sp³-hybridized carbons (Fsp3) is 0.588. The van der Waals surface area contributed by atoms with Gasteiger partial charge in [0, 0.05) is 6.04 Å². The first kappa shape index (κ1) is 14.9. The summed E-state index contributed by atoms with van der Waals surface area (Å²) in [5, 5.41) is 3.20. The number of rotatable bonds is 4. The molecule has 1 N–H and O–H groups in total. The highest BCUT2D eigenvalue weighted by atomic mass is 16.5. The molecular weight excluding hydrogens is 250 g/mol. The summed E-state index contributed by atoms with van der Waals surface area (Å²) in [6.45, 7) is 4.26. The molecule has 1 aromatic carbocycles. The van der Waals surface area contributed by atoms with E-state index in [9.17, 15) is 4.79 Å². The molecule has 0 aromatic heterocycles. The smallest absolute Gasteiger partial charge is 0.224 e. The minimum atomic E-state index is 0.136. The maximum absolute atomic E-state index is 12.2. The first-order valence-corrected chi connectivity index (χ1v) is 7.53. The molecule has 3 heteroatoms. The van der Waals surface area contributed by atoms with Crippen LogP contribution in [0.3, 0.4) is 0 Å². The molecule has 1 amide bonds. The Kier molecular flexibility index (Phi) is 5.05. The Morgan fingerprint density at radius 1 is 1.35 bits per heavy atom. The van der Waals surface area contributed by atoms with E-state index >= 15 is 0 Å². The summed E-state index contributed by atoms with van der Waals surface area (Å²) in [6.07, 6.45) is 5.34. The molecule has 20 heavy (non-hydrogen) atoms. The number of carbonyl (C=O) groups is 1. The summed E-state index contributed by atoms with van der Waals surface area (Å²) in [7, 11) is 1.66. The van der Waals surface area contributed by atoms with Crippen LogP contribution in [0.5, 0.6) is 5.75 Å². The van der Waals surface area contributed by atoms with E-state index in [1.54, 1.807) is 7.11 Å². The summed E-state index contributed by atoms with van der Waals surface area (Å²) >= 11 is 0. The Balaban J connectivity index is 1.94. The van der Waals surface area contributed by atoms with Crippen molar-refractivity contribution in [2.24, 2.45) is 5.92 Å². The molecule has 1 fully saturated rings. The molecule has 1 aromatic rings. The quantitative estimate of drug-likeness (QED) is 0.916. The second kappa shape index (κ2) is 6.78. The summed E-state index contributed by atoms with van der Waals surface area (Å²) in [6, 6.07) is 6.23. The van der Waals surface area contributed by atoms with Crippen LogP contribution >= 0.6 is 0 Å². The van der Waals surface area contributed by atoms with E-state index in [-0.39, 0.29) is 5.91 Å². The van der Waals surface area contributed by atoms with Crippen molar-refractivity contribution < 1.29 is 9.53 Å². The molecule has 0 aliphatic heterocycles. The molecule has 1 aliphatic rings. The molecule has 0 bridgehead atoms. The summed E-state index contributed by atoms with van der Waals surface area (Å²) in [5.41, 5.74) is 2.18. The van der Waals surface area contributed by atoms with Crippen molar-refractivity contribution in [3.05, 3.63) is 29.3 Å². The molecular formula is C17H25NO2. The van der Waals surface area contributed by atoms with Gasteiger partial charge in [-0.1, -0.05) is 25.8 Å². The van der Waals surface area contributed by atoms with E-state index in [0.717, 1.165) is 23.3 Å². The van der Waals surface area contributed by atoms with Gasteiger partial charge in [0.1, 0.15) is 5.75 Å². The van der Waals surface area contributed by atoms with Crippen molar-refractivity contribution in [2.45, 2.75) is 52.0 Å². The van der Waals surface area contributed by atoms with Crippen molar-refractivity contribution >= 4 is 5.91 Å². The van der Waals surface area contributed by atoms with Crippen molar-refractivity contribution in [1.29, 1.82) is 0 Å². The van der Waals surface area contributed by atoms with Gasteiger partial charge in [-0.05, 0) is 48.9 Å². The SMILES string of the molecule is COc1ccc(CC(=O)NC2CCCCC2C)c(C)c1. The van der Waals surface area contributed by atoms with Crippen LogP contribution in [0.1, 0.15) is 43.7 Å². The Bertz CT molecular complexity index is 470. The number of nitrogens with one attached hydrogen (secondary N) is 1. The van der Waals surface area contributed by atoms with Crippen molar-refractivity contribution in [2.75, 3.05) is 7.11 Å². The van der Waals surface area contributed by atoms with Gasteiger partial charge in [-0.2, -0.15) is 0 Å². The summed E-state index contributed by atoms with van der Waals surface area (Å²) in [4.78, 5) is 12.2. The van der Waals surface area contributed by atoms with E-state index in [2.05, 4.69) is 12.2 Å². The van der Waals surface area contributed by atoms with Crippen LogP contribution in [-0.2, 0) is 11.2 Å². The second-order valence-electron chi connectivity index (χ2n) is 5.90. The lowest BCUT2D eigenvalue weighted by Crippen LogP contribution is -2.41. The largest absolute Gasteiger partial charge is 0.497 e. The van der Waals surface area contributed by atoms with Gasteiger partial charge in [0.25, 0.3) is 0 Å². The highest BCUT2D eigenvalue weighted by Crippen LogP contribution is 2.24. The summed E-state index contributed by atoms with van der Waals surface area (Å²) < 4.78 is 5.19. The normalized spacial score (nSPS) is 22.4. The van der Waals surface area contributed by atoms with Crippen LogP contribution in [-0.4, -0.2) is 19.1 Å².